The van der Waals surface area contributed by atoms with Crippen molar-refractivity contribution in [3.8, 4) is 0 Å². The van der Waals surface area contributed by atoms with E-state index in [1.165, 1.54) is 11.8 Å². The Hall–Kier alpha value is -1.98. The molecule has 0 heterocycles. The number of halogens is 1. The SMILES string of the molecule is Cc1ccc(NC(=O)CSC(C)C(=O)Nc2cc(Cl)ccc2C)cc1. The monoisotopic (exact) mass is 376 g/mol. The van der Waals surface area contributed by atoms with Gasteiger partial charge in [0, 0.05) is 16.4 Å². The van der Waals surface area contributed by atoms with Gasteiger partial charge < -0.3 is 10.6 Å². The van der Waals surface area contributed by atoms with Gasteiger partial charge in [-0.3, -0.25) is 9.59 Å². The molecule has 0 fully saturated rings. The van der Waals surface area contributed by atoms with Crippen LogP contribution in [0.5, 0.6) is 0 Å². The molecule has 0 aliphatic carbocycles. The summed E-state index contributed by atoms with van der Waals surface area (Å²) >= 11 is 7.25. The first-order valence-corrected chi connectivity index (χ1v) is 9.33. The number of hydrogen-bond acceptors (Lipinski definition) is 3. The van der Waals surface area contributed by atoms with Gasteiger partial charge in [-0.15, -0.1) is 11.8 Å². The Morgan fingerprint density at radius 1 is 1.08 bits per heavy atom. The number of hydrogen-bond donors (Lipinski definition) is 2. The molecule has 1 atom stereocenters. The molecule has 0 saturated heterocycles. The van der Waals surface area contributed by atoms with Crippen LogP contribution in [0.1, 0.15) is 18.1 Å². The standard InChI is InChI=1S/C19H21ClN2O2S/c1-12-4-8-16(9-5-12)21-18(23)11-25-14(3)19(24)22-17-10-15(20)7-6-13(17)2/h4-10,14H,11H2,1-3H3,(H,21,23)(H,22,24). The summed E-state index contributed by atoms with van der Waals surface area (Å²) in [5, 5.41) is 5.88. The third kappa shape index (κ3) is 6.11. The van der Waals surface area contributed by atoms with E-state index in [0.717, 1.165) is 16.8 Å². The summed E-state index contributed by atoms with van der Waals surface area (Å²) in [6.07, 6.45) is 0. The maximum absolute atomic E-state index is 12.3. The molecule has 2 rings (SSSR count). The lowest BCUT2D eigenvalue weighted by Crippen LogP contribution is -2.25. The first-order valence-electron chi connectivity index (χ1n) is 7.90. The number of anilines is 2. The van der Waals surface area contributed by atoms with Crippen LogP contribution in [-0.2, 0) is 9.59 Å². The molecule has 2 amide bonds. The van der Waals surface area contributed by atoms with E-state index in [1.54, 1.807) is 19.1 Å². The van der Waals surface area contributed by atoms with Crippen molar-refractivity contribution in [1.82, 2.24) is 0 Å². The fraction of sp³-hybridized carbons (Fsp3) is 0.263. The molecule has 2 aromatic carbocycles. The summed E-state index contributed by atoms with van der Waals surface area (Å²) in [7, 11) is 0. The minimum Gasteiger partial charge on any atom is -0.325 e. The maximum atomic E-state index is 12.3. The van der Waals surface area contributed by atoms with Crippen molar-refractivity contribution >= 4 is 46.6 Å². The van der Waals surface area contributed by atoms with Gasteiger partial charge in [0.25, 0.3) is 0 Å². The number of amides is 2. The van der Waals surface area contributed by atoms with Crippen LogP contribution in [0.3, 0.4) is 0 Å². The van der Waals surface area contributed by atoms with Crippen LogP contribution < -0.4 is 10.6 Å². The van der Waals surface area contributed by atoms with Gasteiger partial charge in [0.05, 0.1) is 11.0 Å². The minimum atomic E-state index is -0.359. The Balaban J connectivity index is 1.83. The lowest BCUT2D eigenvalue weighted by atomic mass is 10.2. The second kappa shape index (κ2) is 8.92. The van der Waals surface area contributed by atoms with E-state index in [1.807, 2.05) is 44.2 Å². The van der Waals surface area contributed by atoms with Gasteiger partial charge in [-0.1, -0.05) is 35.4 Å². The van der Waals surface area contributed by atoms with Gasteiger partial charge in [0.1, 0.15) is 0 Å². The largest absolute Gasteiger partial charge is 0.325 e. The molecule has 4 nitrogen and oxygen atoms in total. The van der Waals surface area contributed by atoms with Crippen molar-refractivity contribution in [2.75, 3.05) is 16.4 Å². The Morgan fingerprint density at radius 2 is 1.76 bits per heavy atom. The quantitative estimate of drug-likeness (QED) is 0.771. The molecule has 0 aromatic heterocycles. The van der Waals surface area contributed by atoms with E-state index in [2.05, 4.69) is 10.6 Å². The van der Waals surface area contributed by atoms with Crippen molar-refractivity contribution in [2.45, 2.75) is 26.0 Å². The zero-order chi connectivity index (χ0) is 18.4. The highest BCUT2D eigenvalue weighted by Gasteiger charge is 2.16. The molecule has 6 heteroatoms. The molecule has 132 valence electrons. The van der Waals surface area contributed by atoms with Gasteiger partial charge in [-0.25, -0.2) is 0 Å². The van der Waals surface area contributed by atoms with Gasteiger partial charge in [0.2, 0.25) is 11.8 Å². The third-order valence-corrected chi connectivity index (χ3v) is 5.00. The smallest absolute Gasteiger partial charge is 0.237 e. The zero-order valence-electron chi connectivity index (χ0n) is 14.4. The molecular weight excluding hydrogens is 356 g/mol. The molecule has 0 spiro atoms. The van der Waals surface area contributed by atoms with Crippen LogP contribution in [0.15, 0.2) is 42.5 Å². The van der Waals surface area contributed by atoms with Gasteiger partial charge in [-0.2, -0.15) is 0 Å². The van der Waals surface area contributed by atoms with Crippen LogP contribution in [0.25, 0.3) is 0 Å². The maximum Gasteiger partial charge on any atom is 0.237 e. The summed E-state index contributed by atoms with van der Waals surface area (Å²) in [5.41, 5.74) is 3.51. The summed E-state index contributed by atoms with van der Waals surface area (Å²) < 4.78 is 0. The molecule has 0 radical (unpaired) electrons. The molecule has 0 aliphatic heterocycles. The Bertz CT molecular complexity index is 763. The summed E-state index contributed by atoms with van der Waals surface area (Å²) in [6.45, 7) is 5.67. The molecule has 25 heavy (non-hydrogen) atoms. The number of benzene rings is 2. The number of nitrogens with one attached hydrogen (secondary N) is 2. The topological polar surface area (TPSA) is 58.2 Å². The molecule has 1 unspecified atom stereocenters. The zero-order valence-corrected chi connectivity index (χ0v) is 16.0. The normalized spacial score (nSPS) is 11.7. The predicted octanol–water partition coefficient (Wildman–Crippen LogP) is 4.66. The number of carbonyl (C=O) groups excluding carboxylic acids is 2. The van der Waals surface area contributed by atoms with Gasteiger partial charge in [-0.05, 0) is 50.6 Å². The fourth-order valence-corrected chi connectivity index (χ4v) is 2.93. The Morgan fingerprint density at radius 3 is 2.44 bits per heavy atom. The minimum absolute atomic E-state index is 0.132. The molecule has 2 N–H and O–H groups in total. The van der Waals surface area contributed by atoms with Crippen molar-refractivity contribution in [2.24, 2.45) is 0 Å². The summed E-state index contributed by atoms with van der Waals surface area (Å²) in [6, 6.07) is 12.9. The van der Waals surface area contributed by atoms with E-state index in [4.69, 9.17) is 11.6 Å². The number of aryl methyl sites for hydroxylation is 2. The second-order valence-electron chi connectivity index (χ2n) is 5.82. The van der Waals surface area contributed by atoms with Crippen LogP contribution in [-0.4, -0.2) is 22.8 Å². The lowest BCUT2D eigenvalue weighted by molar-refractivity contribution is -0.115. The molecule has 0 aliphatic rings. The second-order valence-corrected chi connectivity index (χ2v) is 7.58. The fourth-order valence-electron chi connectivity index (χ4n) is 2.07. The van der Waals surface area contributed by atoms with Crippen molar-refractivity contribution in [1.29, 1.82) is 0 Å². The van der Waals surface area contributed by atoms with Gasteiger partial charge >= 0.3 is 0 Å². The third-order valence-electron chi connectivity index (χ3n) is 3.63. The van der Waals surface area contributed by atoms with Crippen LogP contribution in [0, 0.1) is 13.8 Å². The van der Waals surface area contributed by atoms with E-state index in [0.29, 0.717) is 10.7 Å². The average Bonchev–Trinajstić information content (AvgIpc) is 2.58. The Kier molecular flexibility index (Phi) is 6.91. The summed E-state index contributed by atoms with van der Waals surface area (Å²) in [4.78, 5) is 24.3. The van der Waals surface area contributed by atoms with Crippen molar-refractivity contribution < 1.29 is 9.59 Å². The first kappa shape index (κ1) is 19.3. The number of rotatable bonds is 6. The lowest BCUT2D eigenvalue weighted by Gasteiger charge is -2.14. The van der Waals surface area contributed by atoms with Crippen molar-refractivity contribution in [3.05, 3.63) is 58.6 Å². The number of carbonyl (C=O) groups is 2. The van der Waals surface area contributed by atoms with Crippen LogP contribution in [0.2, 0.25) is 5.02 Å². The Labute approximate surface area is 157 Å². The van der Waals surface area contributed by atoms with E-state index < -0.39 is 0 Å². The molecule has 0 saturated carbocycles. The highest BCUT2D eigenvalue weighted by Crippen LogP contribution is 2.22. The molecule has 2 aromatic rings. The van der Waals surface area contributed by atoms with E-state index in [-0.39, 0.29) is 22.8 Å². The van der Waals surface area contributed by atoms with E-state index >= 15 is 0 Å². The highest BCUT2D eigenvalue weighted by molar-refractivity contribution is 8.01. The molecular formula is C19H21ClN2O2S. The average molecular weight is 377 g/mol. The predicted molar refractivity (Wildman–Crippen MR) is 107 cm³/mol. The number of thioether (sulfide) groups is 1. The van der Waals surface area contributed by atoms with Crippen LogP contribution >= 0.6 is 23.4 Å². The van der Waals surface area contributed by atoms with Gasteiger partial charge in [0.15, 0.2) is 0 Å². The van der Waals surface area contributed by atoms with E-state index in [9.17, 15) is 9.59 Å². The highest BCUT2D eigenvalue weighted by atomic mass is 35.5. The van der Waals surface area contributed by atoms with Crippen LogP contribution in [0.4, 0.5) is 11.4 Å². The van der Waals surface area contributed by atoms with Crippen molar-refractivity contribution in [3.63, 3.8) is 0 Å². The molecule has 0 bridgehead atoms. The summed E-state index contributed by atoms with van der Waals surface area (Å²) in [5.74, 6) is -0.0808. The first-order chi connectivity index (χ1) is 11.8.